The second-order valence-corrected chi connectivity index (χ2v) is 7.87. The molecule has 1 aliphatic rings. The summed E-state index contributed by atoms with van der Waals surface area (Å²) >= 11 is 1.13. The molecule has 2 aromatic heterocycles. The number of halogens is 2. The van der Waals surface area contributed by atoms with Crippen molar-refractivity contribution >= 4 is 22.4 Å². The topological polar surface area (TPSA) is 101 Å². The zero-order valence-corrected chi connectivity index (χ0v) is 17.5. The molecule has 1 fully saturated rings. The number of ether oxygens (including phenoxy) is 1. The molecule has 1 aliphatic carbocycles. The predicted molar refractivity (Wildman–Crippen MR) is 113 cm³/mol. The fourth-order valence-electron chi connectivity index (χ4n) is 2.87. The molecule has 1 amide bonds. The van der Waals surface area contributed by atoms with E-state index in [0.29, 0.717) is 10.9 Å². The normalized spacial score (nSPS) is 12.6. The SMILES string of the molecule is COc1cnc(C(F)F)cc1-c1cc(C#N)ccc1C(=O)Nc1nnc(C#CC2CC2)s1. The van der Waals surface area contributed by atoms with Gasteiger partial charge in [-0.15, -0.1) is 10.2 Å². The van der Waals surface area contributed by atoms with Gasteiger partial charge in [0.2, 0.25) is 5.13 Å². The molecule has 10 heteroatoms. The summed E-state index contributed by atoms with van der Waals surface area (Å²) in [5, 5.41) is 20.6. The average Bonchev–Trinajstić information content (AvgIpc) is 3.54. The monoisotopic (exact) mass is 451 g/mol. The minimum absolute atomic E-state index is 0.148. The van der Waals surface area contributed by atoms with Gasteiger partial charge in [-0.05, 0) is 48.6 Å². The largest absolute Gasteiger partial charge is 0.494 e. The molecule has 3 aromatic rings. The van der Waals surface area contributed by atoms with Crippen molar-refractivity contribution in [3.8, 4) is 34.8 Å². The Morgan fingerprint density at radius 1 is 1.28 bits per heavy atom. The first-order chi connectivity index (χ1) is 15.5. The number of hydrogen-bond donors (Lipinski definition) is 1. The second kappa shape index (κ2) is 9.08. The van der Waals surface area contributed by atoms with Crippen molar-refractivity contribution in [2.75, 3.05) is 12.4 Å². The Labute approximate surface area is 186 Å². The zero-order valence-electron chi connectivity index (χ0n) is 16.7. The molecule has 32 heavy (non-hydrogen) atoms. The zero-order chi connectivity index (χ0) is 22.7. The van der Waals surface area contributed by atoms with E-state index in [0.717, 1.165) is 36.4 Å². The maximum absolute atomic E-state index is 13.2. The molecule has 0 aliphatic heterocycles. The van der Waals surface area contributed by atoms with Gasteiger partial charge in [0.1, 0.15) is 11.4 Å². The highest BCUT2D eigenvalue weighted by Crippen LogP contribution is 2.35. The standard InChI is InChI=1S/C22H15F2N5O2S/c1-31-18-11-26-17(20(23)24)9-16(18)15-8-13(10-25)4-6-14(15)21(30)27-22-29-28-19(32-22)7-5-12-2-3-12/h4,6,8-9,11-12,20H,2-3H2,1H3,(H,27,29,30). The van der Waals surface area contributed by atoms with Gasteiger partial charge in [0.15, 0.2) is 5.01 Å². The number of nitrogens with zero attached hydrogens (tertiary/aromatic N) is 4. The van der Waals surface area contributed by atoms with Gasteiger partial charge in [-0.1, -0.05) is 17.3 Å². The number of amides is 1. The highest BCUT2D eigenvalue weighted by molar-refractivity contribution is 7.15. The van der Waals surface area contributed by atoms with Crippen molar-refractivity contribution in [1.29, 1.82) is 5.26 Å². The molecule has 0 spiro atoms. The third-order valence-electron chi connectivity index (χ3n) is 4.62. The molecule has 1 saturated carbocycles. The summed E-state index contributed by atoms with van der Waals surface area (Å²) in [7, 11) is 1.36. The number of benzene rings is 1. The molecule has 1 aromatic carbocycles. The average molecular weight is 451 g/mol. The van der Waals surface area contributed by atoms with E-state index < -0.39 is 18.0 Å². The number of pyridine rings is 1. The molecule has 0 unspecified atom stereocenters. The van der Waals surface area contributed by atoms with E-state index in [1.165, 1.54) is 25.3 Å². The Kier molecular flexibility index (Phi) is 6.06. The summed E-state index contributed by atoms with van der Waals surface area (Å²) in [6.45, 7) is 0. The molecule has 7 nitrogen and oxygen atoms in total. The van der Waals surface area contributed by atoms with Crippen LogP contribution in [0.25, 0.3) is 11.1 Å². The van der Waals surface area contributed by atoms with Crippen LogP contribution in [0.2, 0.25) is 0 Å². The molecular weight excluding hydrogens is 436 g/mol. The van der Waals surface area contributed by atoms with Crippen molar-refractivity contribution in [2.24, 2.45) is 5.92 Å². The lowest BCUT2D eigenvalue weighted by atomic mass is 9.96. The summed E-state index contributed by atoms with van der Waals surface area (Å²) < 4.78 is 31.8. The van der Waals surface area contributed by atoms with Crippen molar-refractivity contribution < 1.29 is 18.3 Å². The predicted octanol–water partition coefficient (Wildman–Crippen LogP) is 4.43. The van der Waals surface area contributed by atoms with Crippen LogP contribution >= 0.6 is 11.3 Å². The minimum Gasteiger partial charge on any atom is -0.494 e. The number of carbonyl (C=O) groups is 1. The van der Waals surface area contributed by atoms with Crippen molar-refractivity contribution in [1.82, 2.24) is 15.2 Å². The first-order valence-electron chi connectivity index (χ1n) is 9.51. The molecular formula is C22H15F2N5O2S. The Morgan fingerprint density at radius 3 is 2.78 bits per heavy atom. The molecule has 1 N–H and O–H groups in total. The van der Waals surface area contributed by atoms with E-state index in [4.69, 9.17) is 4.74 Å². The number of hydrogen-bond acceptors (Lipinski definition) is 7. The van der Waals surface area contributed by atoms with Crippen molar-refractivity contribution in [3.63, 3.8) is 0 Å². The van der Waals surface area contributed by atoms with Crippen LogP contribution in [0.5, 0.6) is 5.75 Å². The van der Waals surface area contributed by atoms with E-state index in [9.17, 15) is 18.8 Å². The fourth-order valence-corrected chi connectivity index (χ4v) is 3.47. The van der Waals surface area contributed by atoms with E-state index >= 15 is 0 Å². The van der Waals surface area contributed by atoms with E-state index in [1.54, 1.807) is 0 Å². The van der Waals surface area contributed by atoms with Gasteiger partial charge < -0.3 is 4.74 Å². The highest BCUT2D eigenvalue weighted by Gasteiger charge is 2.21. The van der Waals surface area contributed by atoms with Crippen LogP contribution in [0.15, 0.2) is 30.5 Å². The minimum atomic E-state index is -2.81. The number of methoxy groups -OCH3 is 1. The van der Waals surface area contributed by atoms with Crippen LogP contribution in [0.4, 0.5) is 13.9 Å². The molecule has 2 heterocycles. The maximum Gasteiger partial charge on any atom is 0.280 e. The third-order valence-corrected chi connectivity index (χ3v) is 5.38. The van der Waals surface area contributed by atoms with Crippen molar-refractivity contribution in [3.05, 3.63) is 52.3 Å². The second-order valence-electron chi connectivity index (χ2n) is 6.89. The smallest absolute Gasteiger partial charge is 0.280 e. The lowest BCUT2D eigenvalue weighted by Gasteiger charge is -2.14. The number of aromatic nitrogens is 3. The Bertz CT molecular complexity index is 1290. The van der Waals surface area contributed by atoms with Crippen LogP contribution < -0.4 is 10.1 Å². The number of nitriles is 1. The van der Waals surface area contributed by atoms with Crippen LogP contribution in [-0.4, -0.2) is 28.2 Å². The summed E-state index contributed by atoms with van der Waals surface area (Å²) in [6, 6.07) is 7.48. The number of rotatable bonds is 5. The van der Waals surface area contributed by atoms with Gasteiger partial charge >= 0.3 is 0 Å². The molecule has 4 rings (SSSR count). The lowest BCUT2D eigenvalue weighted by molar-refractivity contribution is 0.102. The van der Waals surface area contributed by atoms with Gasteiger partial charge in [0, 0.05) is 17.0 Å². The van der Waals surface area contributed by atoms with Gasteiger partial charge in [-0.3, -0.25) is 15.1 Å². The van der Waals surface area contributed by atoms with Gasteiger partial charge in [-0.25, -0.2) is 8.78 Å². The van der Waals surface area contributed by atoms with E-state index in [-0.39, 0.29) is 33.1 Å². The Balaban J connectivity index is 1.70. The Hall–Kier alpha value is -3.89. The summed E-state index contributed by atoms with van der Waals surface area (Å²) in [5.41, 5.74) is 0.392. The number of nitrogens with one attached hydrogen (secondary N) is 1. The number of anilines is 1. The lowest BCUT2D eigenvalue weighted by Crippen LogP contribution is -2.13. The summed E-state index contributed by atoms with van der Waals surface area (Å²) in [5.74, 6) is 6.07. The number of alkyl halides is 2. The first kappa shape index (κ1) is 21.3. The highest BCUT2D eigenvalue weighted by atomic mass is 32.1. The maximum atomic E-state index is 13.2. The summed E-state index contributed by atoms with van der Waals surface area (Å²) in [4.78, 5) is 16.7. The van der Waals surface area contributed by atoms with Gasteiger partial charge in [0.05, 0.1) is 24.9 Å². The van der Waals surface area contributed by atoms with E-state index in [1.807, 2.05) is 6.07 Å². The third kappa shape index (κ3) is 4.71. The molecule has 0 radical (unpaired) electrons. The van der Waals surface area contributed by atoms with Crippen molar-refractivity contribution in [2.45, 2.75) is 19.3 Å². The molecule has 0 saturated heterocycles. The van der Waals surface area contributed by atoms with Crippen LogP contribution in [-0.2, 0) is 0 Å². The molecule has 0 bridgehead atoms. The Morgan fingerprint density at radius 2 is 2.09 bits per heavy atom. The van der Waals surface area contributed by atoms with Crippen LogP contribution in [0.3, 0.4) is 0 Å². The van der Waals surface area contributed by atoms with Gasteiger partial charge in [-0.2, -0.15) is 5.26 Å². The van der Waals surface area contributed by atoms with Crippen LogP contribution in [0.1, 0.15) is 45.9 Å². The summed E-state index contributed by atoms with van der Waals surface area (Å²) in [6.07, 6.45) is 0.519. The fraction of sp³-hybridized carbons (Fsp3) is 0.227. The molecule has 0 atom stereocenters. The first-order valence-corrected chi connectivity index (χ1v) is 10.3. The van der Waals surface area contributed by atoms with E-state index in [2.05, 4.69) is 32.3 Å². The quantitative estimate of drug-likeness (QED) is 0.576. The number of carbonyl (C=O) groups excluding carboxylic acids is 1. The van der Waals surface area contributed by atoms with Crippen LogP contribution in [0, 0.1) is 29.1 Å². The van der Waals surface area contributed by atoms with Gasteiger partial charge in [0.25, 0.3) is 12.3 Å². The molecule has 160 valence electrons.